The molecule has 0 bridgehead atoms. The third-order valence-corrected chi connectivity index (χ3v) is 6.29. The number of benzene rings is 2. The first kappa shape index (κ1) is 24.0. The van der Waals surface area contributed by atoms with Gasteiger partial charge in [0.05, 0.1) is 23.9 Å². The van der Waals surface area contributed by atoms with Crippen molar-refractivity contribution in [1.29, 1.82) is 0 Å². The van der Waals surface area contributed by atoms with E-state index in [1.165, 1.54) is 6.20 Å². The first-order chi connectivity index (χ1) is 16.5. The first-order valence-corrected chi connectivity index (χ1v) is 12.0. The molecule has 1 atom stereocenters. The van der Waals surface area contributed by atoms with Gasteiger partial charge in [0, 0.05) is 17.8 Å². The Balaban J connectivity index is 1.50. The van der Waals surface area contributed by atoms with Crippen LogP contribution in [0.5, 0.6) is 5.75 Å². The number of ether oxygens (including phenoxy) is 1. The van der Waals surface area contributed by atoms with E-state index in [9.17, 15) is 9.90 Å². The number of halogens is 1. The van der Waals surface area contributed by atoms with E-state index in [0.717, 1.165) is 42.7 Å². The van der Waals surface area contributed by atoms with E-state index in [-0.39, 0.29) is 11.6 Å². The van der Waals surface area contributed by atoms with Crippen molar-refractivity contribution in [2.24, 2.45) is 5.73 Å². The quantitative estimate of drug-likeness (QED) is 0.406. The van der Waals surface area contributed by atoms with E-state index in [0.29, 0.717) is 42.7 Å². The highest BCUT2D eigenvalue weighted by molar-refractivity contribution is 6.30. The lowest BCUT2D eigenvalue weighted by molar-refractivity contribution is 0.0694. The summed E-state index contributed by atoms with van der Waals surface area (Å²) in [5.74, 6) is 0.358. The highest BCUT2D eigenvalue weighted by atomic mass is 35.5. The monoisotopic (exact) mass is 480 g/mol. The normalized spacial score (nSPS) is 15.5. The van der Waals surface area contributed by atoms with E-state index >= 15 is 0 Å². The third kappa shape index (κ3) is 5.85. The molecule has 2 heterocycles. The zero-order valence-electron chi connectivity index (χ0n) is 19.0. The van der Waals surface area contributed by atoms with Gasteiger partial charge < -0.3 is 20.5 Å². The van der Waals surface area contributed by atoms with E-state index in [2.05, 4.69) is 9.88 Å². The van der Waals surface area contributed by atoms with Crippen LogP contribution in [-0.4, -0.2) is 40.7 Å². The summed E-state index contributed by atoms with van der Waals surface area (Å²) in [6.07, 6.45) is 5.43. The Morgan fingerprint density at radius 1 is 1.15 bits per heavy atom. The molecule has 0 unspecified atom stereocenters. The number of hydrogen-bond donors (Lipinski definition) is 2. The Morgan fingerprint density at radius 3 is 2.62 bits per heavy atom. The van der Waals surface area contributed by atoms with Crippen LogP contribution in [0.15, 0.2) is 54.7 Å². The summed E-state index contributed by atoms with van der Waals surface area (Å²) >= 11 is 6.06. The second kappa shape index (κ2) is 11.3. The largest absolute Gasteiger partial charge is 0.494 e. The summed E-state index contributed by atoms with van der Waals surface area (Å²) in [6.45, 7) is 2.02. The van der Waals surface area contributed by atoms with Crippen LogP contribution >= 0.6 is 11.6 Å². The van der Waals surface area contributed by atoms with Gasteiger partial charge in [-0.1, -0.05) is 35.9 Å². The zero-order valence-corrected chi connectivity index (χ0v) is 19.7. The molecule has 1 fully saturated rings. The van der Waals surface area contributed by atoms with Gasteiger partial charge in [-0.2, -0.15) is 0 Å². The minimum atomic E-state index is -1.01. The second-order valence-corrected chi connectivity index (χ2v) is 8.81. The summed E-state index contributed by atoms with van der Waals surface area (Å²) in [4.78, 5) is 23.1. The van der Waals surface area contributed by atoms with Gasteiger partial charge >= 0.3 is 5.97 Å². The minimum absolute atomic E-state index is 0.146. The summed E-state index contributed by atoms with van der Waals surface area (Å²) in [5.41, 5.74) is 8.43. The first-order valence-electron chi connectivity index (χ1n) is 11.6. The van der Waals surface area contributed by atoms with Crippen molar-refractivity contribution in [3.8, 4) is 5.75 Å². The van der Waals surface area contributed by atoms with Gasteiger partial charge in [-0.05, 0) is 74.0 Å². The molecule has 8 heteroatoms. The number of carboxylic acid groups (broad SMARTS) is 1. The maximum Gasteiger partial charge on any atom is 0.339 e. The average Bonchev–Trinajstić information content (AvgIpc) is 3.34. The van der Waals surface area contributed by atoms with E-state index in [1.54, 1.807) is 0 Å². The van der Waals surface area contributed by atoms with Gasteiger partial charge in [0.2, 0.25) is 5.95 Å². The molecule has 3 N–H and O–H groups in total. The molecule has 34 heavy (non-hydrogen) atoms. The predicted molar refractivity (Wildman–Crippen MR) is 133 cm³/mol. The molecule has 0 aliphatic carbocycles. The summed E-state index contributed by atoms with van der Waals surface area (Å²) in [7, 11) is 0. The van der Waals surface area contributed by atoms with Gasteiger partial charge in [0.15, 0.2) is 0 Å². The van der Waals surface area contributed by atoms with E-state index in [1.807, 2.05) is 48.5 Å². The summed E-state index contributed by atoms with van der Waals surface area (Å²) in [6, 6.07) is 15.8. The lowest BCUT2D eigenvalue weighted by Crippen LogP contribution is -2.25. The number of rotatable bonds is 10. The number of carbonyl (C=O) groups is 1. The molecule has 1 aliphatic heterocycles. The SMILES string of the molecule is NCCCOc1ccc(CCc2nc(N3CCC[C@@H]3c3ccc(Cl)cc3)ncc2C(=O)O)cc1. The van der Waals surface area contributed by atoms with E-state index < -0.39 is 5.97 Å². The van der Waals surface area contributed by atoms with Crippen molar-refractivity contribution in [3.05, 3.63) is 82.1 Å². The number of anilines is 1. The number of carboxylic acids is 1. The molecule has 0 amide bonds. The van der Waals surface area contributed by atoms with Crippen LogP contribution in [0.1, 0.15) is 52.5 Å². The van der Waals surface area contributed by atoms with Crippen molar-refractivity contribution >= 4 is 23.5 Å². The minimum Gasteiger partial charge on any atom is -0.494 e. The number of hydrogen-bond acceptors (Lipinski definition) is 6. The van der Waals surface area contributed by atoms with Crippen molar-refractivity contribution in [3.63, 3.8) is 0 Å². The fourth-order valence-corrected chi connectivity index (χ4v) is 4.37. The molecule has 4 rings (SSSR count). The number of nitrogens with zero attached hydrogens (tertiary/aromatic N) is 3. The van der Waals surface area contributed by atoms with Gasteiger partial charge in [0.25, 0.3) is 0 Å². The molecule has 178 valence electrons. The molecule has 0 saturated carbocycles. The molecule has 1 aromatic heterocycles. The topological polar surface area (TPSA) is 102 Å². The van der Waals surface area contributed by atoms with Crippen LogP contribution in [0.25, 0.3) is 0 Å². The maximum absolute atomic E-state index is 11.8. The second-order valence-electron chi connectivity index (χ2n) is 8.37. The average molecular weight is 481 g/mol. The van der Waals surface area contributed by atoms with Crippen molar-refractivity contribution in [1.82, 2.24) is 9.97 Å². The third-order valence-electron chi connectivity index (χ3n) is 6.04. The van der Waals surface area contributed by atoms with Crippen LogP contribution in [-0.2, 0) is 12.8 Å². The Labute approximate surface area is 204 Å². The molecule has 0 spiro atoms. The van der Waals surface area contributed by atoms with Crippen LogP contribution in [0, 0.1) is 0 Å². The summed E-state index contributed by atoms with van der Waals surface area (Å²) in [5, 5.41) is 10.4. The number of nitrogens with two attached hydrogens (primary N) is 1. The number of aromatic carboxylic acids is 1. The molecule has 3 aromatic rings. The van der Waals surface area contributed by atoms with E-state index in [4.69, 9.17) is 27.1 Å². The predicted octanol–water partition coefficient (Wildman–Crippen LogP) is 4.68. The fraction of sp³-hybridized carbons (Fsp3) is 0.346. The van der Waals surface area contributed by atoms with Crippen LogP contribution in [0.3, 0.4) is 0 Å². The Hall–Kier alpha value is -3.16. The molecule has 7 nitrogen and oxygen atoms in total. The fourth-order valence-electron chi connectivity index (χ4n) is 4.24. The zero-order chi connectivity index (χ0) is 23.9. The van der Waals surface area contributed by atoms with Gasteiger partial charge in [0.1, 0.15) is 5.75 Å². The van der Waals surface area contributed by atoms with Gasteiger partial charge in [-0.3, -0.25) is 0 Å². The van der Waals surface area contributed by atoms with Crippen LogP contribution in [0.4, 0.5) is 5.95 Å². The van der Waals surface area contributed by atoms with Crippen LogP contribution < -0.4 is 15.4 Å². The molecule has 2 aromatic carbocycles. The molecule has 0 radical (unpaired) electrons. The van der Waals surface area contributed by atoms with Crippen molar-refractivity contribution in [2.45, 2.75) is 38.1 Å². The lowest BCUT2D eigenvalue weighted by atomic mass is 10.0. The Morgan fingerprint density at radius 2 is 1.91 bits per heavy atom. The Kier molecular flexibility index (Phi) is 7.98. The summed E-state index contributed by atoms with van der Waals surface area (Å²) < 4.78 is 5.65. The molecular weight excluding hydrogens is 452 g/mol. The van der Waals surface area contributed by atoms with Gasteiger partial charge in [-0.25, -0.2) is 14.8 Å². The molecule has 1 aliphatic rings. The standard InChI is InChI=1S/C26H29ClN4O3/c27-20-9-7-19(8-10-20)24-3-1-15-31(24)26-29-17-22(25(32)33)23(30-26)13-6-18-4-11-21(12-5-18)34-16-2-14-28/h4-5,7-12,17,24H,1-3,6,13-16,28H2,(H,32,33)/t24-/m1/s1. The highest BCUT2D eigenvalue weighted by Gasteiger charge is 2.29. The highest BCUT2D eigenvalue weighted by Crippen LogP contribution is 2.35. The number of aromatic nitrogens is 2. The molecular formula is C26H29ClN4O3. The number of aryl methyl sites for hydroxylation is 2. The lowest BCUT2D eigenvalue weighted by Gasteiger charge is -2.25. The molecule has 1 saturated heterocycles. The van der Waals surface area contributed by atoms with Crippen molar-refractivity contribution < 1.29 is 14.6 Å². The van der Waals surface area contributed by atoms with Crippen molar-refractivity contribution in [2.75, 3.05) is 24.6 Å². The van der Waals surface area contributed by atoms with Crippen LogP contribution in [0.2, 0.25) is 5.02 Å². The maximum atomic E-state index is 11.8. The smallest absolute Gasteiger partial charge is 0.339 e. The Bertz CT molecular complexity index is 1110. The van der Waals surface area contributed by atoms with Gasteiger partial charge in [-0.15, -0.1) is 0 Å².